The largest absolute Gasteiger partial charge is 0.497 e. The van der Waals surface area contributed by atoms with Crippen LogP contribution in [0.4, 0.5) is 11.6 Å². The van der Waals surface area contributed by atoms with Gasteiger partial charge in [-0.2, -0.15) is 0 Å². The van der Waals surface area contributed by atoms with Crippen LogP contribution in [-0.4, -0.2) is 54.1 Å². The molecule has 0 saturated carbocycles. The van der Waals surface area contributed by atoms with E-state index in [0.29, 0.717) is 36.8 Å². The number of piperazine rings is 1. The summed E-state index contributed by atoms with van der Waals surface area (Å²) in [7, 11) is 1.65. The Morgan fingerprint density at radius 2 is 1.76 bits per heavy atom. The van der Waals surface area contributed by atoms with Gasteiger partial charge in [0.1, 0.15) is 5.75 Å². The Hall–Kier alpha value is -3.61. The molecule has 0 spiro atoms. The van der Waals surface area contributed by atoms with Crippen LogP contribution in [0.1, 0.15) is 32.7 Å². The lowest BCUT2D eigenvalue weighted by atomic mass is 10.1. The number of hydrogen-bond acceptors (Lipinski definition) is 6. The molecule has 1 N–H and O–H groups in total. The minimum Gasteiger partial charge on any atom is -0.497 e. The molecule has 1 aliphatic heterocycles. The Bertz CT molecular complexity index is 1120. The molecule has 2 aromatic carbocycles. The maximum atomic E-state index is 13.1. The van der Waals surface area contributed by atoms with Crippen LogP contribution in [0.15, 0.2) is 48.7 Å². The topological polar surface area (TPSA) is 70.6 Å². The van der Waals surface area contributed by atoms with Crippen molar-refractivity contribution in [2.45, 2.75) is 27.3 Å². The molecule has 4 rings (SSSR count). The summed E-state index contributed by atoms with van der Waals surface area (Å²) in [6.45, 7) is 9.75. The summed E-state index contributed by atoms with van der Waals surface area (Å²) in [5.74, 6) is 1.33. The molecule has 33 heavy (non-hydrogen) atoms. The van der Waals surface area contributed by atoms with Crippen LogP contribution in [0.25, 0.3) is 0 Å². The van der Waals surface area contributed by atoms with Crippen LogP contribution in [0.5, 0.6) is 5.75 Å². The number of benzene rings is 2. The molecular formula is C26H31N5O2. The van der Waals surface area contributed by atoms with Crippen LogP contribution in [0.3, 0.4) is 0 Å². The first-order chi connectivity index (χ1) is 16.0. The average molecular weight is 446 g/mol. The first-order valence-corrected chi connectivity index (χ1v) is 11.3. The minimum atomic E-state index is -0.00480. The first-order valence-electron chi connectivity index (χ1n) is 11.3. The highest BCUT2D eigenvalue weighted by molar-refractivity contribution is 5.95. The number of rotatable bonds is 6. The lowest BCUT2D eigenvalue weighted by Crippen LogP contribution is -2.49. The van der Waals surface area contributed by atoms with Gasteiger partial charge in [-0.1, -0.05) is 24.3 Å². The number of carbonyl (C=O) groups excluding carboxylic acids is 1. The van der Waals surface area contributed by atoms with Crippen LogP contribution in [-0.2, 0) is 6.54 Å². The van der Waals surface area contributed by atoms with Gasteiger partial charge >= 0.3 is 0 Å². The molecule has 0 unspecified atom stereocenters. The Morgan fingerprint density at radius 1 is 1.03 bits per heavy atom. The predicted molar refractivity (Wildman–Crippen MR) is 131 cm³/mol. The molecule has 172 valence electrons. The van der Waals surface area contributed by atoms with Gasteiger partial charge in [0.15, 0.2) is 0 Å². The van der Waals surface area contributed by atoms with Crippen LogP contribution >= 0.6 is 0 Å². The molecule has 1 fully saturated rings. The van der Waals surface area contributed by atoms with E-state index in [1.165, 1.54) is 16.8 Å². The van der Waals surface area contributed by atoms with E-state index in [2.05, 4.69) is 52.2 Å². The van der Waals surface area contributed by atoms with Crippen LogP contribution < -0.4 is 15.0 Å². The third-order valence-electron chi connectivity index (χ3n) is 6.30. The van der Waals surface area contributed by atoms with Gasteiger partial charge in [-0.15, -0.1) is 0 Å². The fourth-order valence-corrected chi connectivity index (χ4v) is 4.09. The van der Waals surface area contributed by atoms with Gasteiger partial charge in [0, 0.05) is 44.6 Å². The van der Waals surface area contributed by atoms with Gasteiger partial charge in [0.25, 0.3) is 5.91 Å². The van der Waals surface area contributed by atoms with Crippen LogP contribution in [0.2, 0.25) is 0 Å². The fraction of sp³-hybridized carbons (Fsp3) is 0.346. The molecule has 7 heteroatoms. The number of carbonyl (C=O) groups is 1. The van der Waals surface area contributed by atoms with Crippen molar-refractivity contribution >= 4 is 17.5 Å². The molecule has 3 aromatic rings. The van der Waals surface area contributed by atoms with Crippen molar-refractivity contribution in [3.63, 3.8) is 0 Å². The van der Waals surface area contributed by atoms with E-state index in [1.54, 1.807) is 13.3 Å². The number of aromatic nitrogens is 2. The number of nitrogens with zero attached hydrogens (tertiary/aromatic N) is 4. The molecule has 0 aliphatic carbocycles. The zero-order valence-electron chi connectivity index (χ0n) is 19.8. The minimum absolute atomic E-state index is 0.00480. The second-order valence-corrected chi connectivity index (χ2v) is 8.39. The summed E-state index contributed by atoms with van der Waals surface area (Å²) in [4.78, 5) is 26.3. The lowest BCUT2D eigenvalue weighted by molar-refractivity contribution is 0.0745. The van der Waals surface area contributed by atoms with E-state index in [1.807, 2.05) is 36.1 Å². The summed E-state index contributed by atoms with van der Waals surface area (Å²) < 4.78 is 5.19. The summed E-state index contributed by atoms with van der Waals surface area (Å²) in [6, 6.07) is 14.2. The van der Waals surface area contributed by atoms with Crippen molar-refractivity contribution < 1.29 is 9.53 Å². The van der Waals surface area contributed by atoms with E-state index in [9.17, 15) is 4.79 Å². The van der Waals surface area contributed by atoms with Gasteiger partial charge in [0.05, 0.1) is 18.4 Å². The normalized spacial score (nSPS) is 13.7. The molecule has 1 saturated heterocycles. The quantitative estimate of drug-likeness (QED) is 0.619. The number of nitrogens with one attached hydrogen (secondary N) is 1. The number of amides is 1. The second-order valence-electron chi connectivity index (χ2n) is 8.39. The zero-order chi connectivity index (χ0) is 23.4. The number of hydrogen-bond donors (Lipinski definition) is 1. The van der Waals surface area contributed by atoms with Gasteiger partial charge in [-0.3, -0.25) is 4.79 Å². The number of anilines is 2. The summed E-state index contributed by atoms with van der Waals surface area (Å²) >= 11 is 0. The molecule has 2 heterocycles. The molecular weight excluding hydrogens is 414 g/mol. The Morgan fingerprint density at radius 3 is 2.42 bits per heavy atom. The molecule has 0 radical (unpaired) electrons. The van der Waals surface area contributed by atoms with Crippen molar-refractivity contribution in [2.75, 3.05) is 43.5 Å². The number of methoxy groups -OCH3 is 1. The summed E-state index contributed by atoms with van der Waals surface area (Å²) in [6.07, 6.45) is 1.64. The second kappa shape index (κ2) is 9.90. The maximum absolute atomic E-state index is 13.1. The first kappa shape index (κ1) is 22.6. The van der Waals surface area contributed by atoms with E-state index >= 15 is 0 Å². The van der Waals surface area contributed by atoms with E-state index in [4.69, 9.17) is 4.74 Å². The zero-order valence-corrected chi connectivity index (χ0v) is 19.8. The highest BCUT2D eigenvalue weighted by Crippen LogP contribution is 2.24. The standard InChI is InChI=1S/C26H31N5O2/c1-18-6-5-7-24(19(18)2)30-12-14-31(15-13-30)25(32)23-17-28-26(29-20(23)3)27-16-21-8-10-22(33-4)11-9-21/h5-11,17H,12-16H2,1-4H3,(H,27,28,29). The van der Waals surface area contributed by atoms with Crippen molar-refractivity contribution in [1.29, 1.82) is 0 Å². The summed E-state index contributed by atoms with van der Waals surface area (Å²) in [5.41, 5.74) is 6.20. The van der Waals surface area contributed by atoms with E-state index < -0.39 is 0 Å². The smallest absolute Gasteiger partial charge is 0.257 e. The molecule has 0 atom stereocenters. The van der Waals surface area contributed by atoms with Crippen LogP contribution in [0, 0.1) is 20.8 Å². The molecule has 1 amide bonds. The van der Waals surface area contributed by atoms with Crippen molar-refractivity contribution in [1.82, 2.24) is 14.9 Å². The third-order valence-corrected chi connectivity index (χ3v) is 6.30. The SMILES string of the molecule is COc1ccc(CNc2ncc(C(=O)N3CCN(c4cccc(C)c4C)CC3)c(C)n2)cc1. The van der Waals surface area contributed by atoms with E-state index in [0.717, 1.165) is 24.4 Å². The number of aryl methyl sites for hydroxylation is 2. The van der Waals surface area contributed by atoms with Gasteiger partial charge in [-0.05, 0) is 55.7 Å². The molecule has 1 aromatic heterocycles. The Labute approximate surface area is 195 Å². The monoisotopic (exact) mass is 445 g/mol. The van der Waals surface area contributed by atoms with Gasteiger partial charge in [0.2, 0.25) is 5.95 Å². The van der Waals surface area contributed by atoms with Crippen molar-refractivity contribution in [3.8, 4) is 5.75 Å². The Kier molecular flexibility index (Phi) is 6.77. The lowest BCUT2D eigenvalue weighted by Gasteiger charge is -2.37. The average Bonchev–Trinajstić information content (AvgIpc) is 2.84. The highest BCUT2D eigenvalue weighted by atomic mass is 16.5. The van der Waals surface area contributed by atoms with Gasteiger partial charge < -0.3 is 19.9 Å². The Balaban J connectivity index is 1.36. The maximum Gasteiger partial charge on any atom is 0.257 e. The molecule has 0 bridgehead atoms. The predicted octanol–water partition coefficient (Wildman–Crippen LogP) is 3.98. The highest BCUT2D eigenvalue weighted by Gasteiger charge is 2.25. The van der Waals surface area contributed by atoms with Gasteiger partial charge in [-0.25, -0.2) is 9.97 Å². The summed E-state index contributed by atoms with van der Waals surface area (Å²) in [5, 5.41) is 3.22. The third kappa shape index (κ3) is 5.08. The molecule has 7 nitrogen and oxygen atoms in total. The van der Waals surface area contributed by atoms with Crippen molar-refractivity contribution in [3.05, 3.63) is 76.6 Å². The fourth-order valence-electron chi connectivity index (χ4n) is 4.09. The van der Waals surface area contributed by atoms with Crippen molar-refractivity contribution in [2.24, 2.45) is 0 Å². The van der Waals surface area contributed by atoms with E-state index in [-0.39, 0.29) is 5.91 Å². The molecule has 1 aliphatic rings. The number of ether oxygens (including phenoxy) is 1.